The van der Waals surface area contributed by atoms with Gasteiger partial charge in [-0.05, 0) is 26.2 Å². The number of pyridine rings is 1. The van der Waals surface area contributed by atoms with E-state index in [4.69, 9.17) is 10.8 Å². The fourth-order valence-corrected chi connectivity index (χ4v) is 2.19. The smallest absolute Gasteiger partial charge is 0.222 e. The van der Waals surface area contributed by atoms with E-state index in [9.17, 15) is 9.50 Å². The van der Waals surface area contributed by atoms with Crippen LogP contribution in [-0.2, 0) is 0 Å². The highest BCUT2D eigenvalue weighted by molar-refractivity contribution is 5.86. The summed E-state index contributed by atoms with van der Waals surface area (Å²) >= 11 is 0. The second-order valence-corrected chi connectivity index (χ2v) is 5.48. The molecule has 0 spiro atoms. The van der Waals surface area contributed by atoms with Crippen LogP contribution in [0.3, 0.4) is 0 Å². The van der Waals surface area contributed by atoms with Crippen molar-refractivity contribution in [2.75, 3.05) is 24.3 Å². The molecule has 0 saturated carbocycles. The molecule has 0 aliphatic rings. The topological polar surface area (TPSA) is 117 Å². The molecule has 0 unspecified atom stereocenters. The Labute approximate surface area is 127 Å². The van der Waals surface area contributed by atoms with Crippen molar-refractivity contribution in [3.63, 3.8) is 0 Å². The summed E-state index contributed by atoms with van der Waals surface area (Å²) in [6, 6.07) is 1.23. The molecule has 0 fully saturated rings. The zero-order valence-corrected chi connectivity index (χ0v) is 12.4. The lowest BCUT2D eigenvalue weighted by Crippen LogP contribution is -2.39. The van der Waals surface area contributed by atoms with Crippen LogP contribution in [-0.4, -0.2) is 43.9 Å². The number of anilines is 2. The summed E-state index contributed by atoms with van der Waals surface area (Å²) in [5.41, 5.74) is 5.68. The van der Waals surface area contributed by atoms with E-state index in [1.165, 1.54) is 6.07 Å². The van der Waals surface area contributed by atoms with Gasteiger partial charge in [0.25, 0.3) is 0 Å². The number of nitrogens with two attached hydrogens (primary N) is 1. The Bertz CT molecular complexity index is 649. The third-order valence-electron chi connectivity index (χ3n) is 3.43. The number of hydrogen-bond acceptors (Lipinski definition) is 7. The second kappa shape index (κ2) is 6.80. The van der Waals surface area contributed by atoms with E-state index in [0.29, 0.717) is 29.7 Å². The molecule has 0 amide bonds. The fraction of sp³-hybridized carbons (Fsp3) is 0.500. The number of unbranched alkanes of at least 4 members (excludes halogenated alkanes) is 1. The highest BCUT2D eigenvalue weighted by Gasteiger charge is 2.24. The number of aliphatic hydroxyl groups excluding tert-OH is 2. The number of rotatable bonds is 7. The average molecular weight is 309 g/mol. The van der Waals surface area contributed by atoms with Crippen LogP contribution in [0, 0.1) is 5.82 Å². The van der Waals surface area contributed by atoms with Crippen LogP contribution in [0.4, 0.5) is 16.2 Å². The van der Waals surface area contributed by atoms with Crippen LogP contribution >= 0.6 is 0 Å². The molecule has 0 radical (unpaired) electrons. The van der Waals surface area contributed by atoms with Crippen LogP contribution in [0.25, 0.3) is 11.0 Å². The molecular weight excluding hydrogens is 289 g/mol. The van der Waals surface area contributed by atoms with Gasteiger partial charge in [-0.25, -0.2) is 14.4 Å². The van der Waals surface area contributed by atoms with Crippen LogP contribution in [0.15, 0.2) is 12.3 Å². The summed E-state index contributed by atoms with van der Waals surface area (Å²) in [4.78, 5) is 12.1. The van der Waals surface area contributed by atoms with E-state index in [-0.39, 0.29) is 19.2 Å². The molecule has 22 heavy (non-hydrogen) atoms. The summed E-state index contributed by atoms with van der Waals surface area (Å²) in [6.45, 7) is 1.80. The molecule has 0 bridgehead atoms. The van der Waals surface area contributed by atoms with Gasteiger partial charge >= 0.3 is 0 Å². The van der Waals surface area contributed by atoms with E-state index in [1.807, 2.05) is 6.92 Å². The minimum Gasteiger partial charge on any atom is -0.396 e. The van der Waals surface area contributed by atoms with Crippen LogP contribution in [0.1, 0.15) is 26.2 Å². The molecule has 5 N–H and O–H groups in total. The number of aliphatic hydroxyl groups is 2. The number of fused-ring (bicyclic) bond motifs is 1. The lowest BCUT2D eigenvalue weighted by Gasteiger charge is -2.29. The summed E-state index contributed by atoms with van der Waals surface area (Å²) in [5.74, 6) is -0.162. The first-order valence-corrected chi connectivity index (χ1v) is 7.06. The molecule has 0 aliphatic heterocycles. The van der Waals surface area contributed by atoms with Gasteiger partial charge in [-0.3, -0.25) is 0 Å². The molecule has 1 atom stereocenters. The molecule has 120 valence electrons. The Morgan fingerprint density at radius 1 is 1.32 bits per heavy atom. The number of hydrogen-bond donors (Lipinski definition) is 4. The van der Waals surface area contributed by atoms with Crippen molar-refractivity contribution >= 4 is 22.8 Å². The average Bonchev–Trinajstić information content (AvgIpc) is 2.46. The van der Waals surface area contributed by atoms with E-state index in [2.05, 4.69) is 20.3 Å². The van der Waals surface area contributed by atoms with E-state index >= 15 is 0 Å². The van der Waals surface area contributed by atoms with Crippen molar-refractivity contribution in [1.82, 2.24) is 15.0 Å². The van der Waals surface area contributed by atoms with Crippen molar-refractivity contribution in [3.05, 3.63) is 18.1 Å². The van der Waals surface area contributed by atoms with Crippen molar-refractivity contribution in [3.8, 4) is 0 Å². The van der Waals surface area contributed by atoms with Gasteiger partial charge in [-0.15, -0.1) is 0 Å². The third kappa shape index (κ3) is 3.77. The standard InChI is InChI=1S/C14H20FN5O2/c1-14(8-22,4-2-3-5-21)20-12-11-10(18-13(16)19-12)6-9(15)7-17-11/h6-7,21-22H,2-5,8H2,1H3,(H3,16,18,19,20)/t14-/m1/s1. The van der Waals surface area contributed by atoms with Crippen LogP contribution in [0.2, 0.25) is 0 Å². The predicted molar refractivity (Wildman–Crippen MR) is 81.8 cm³/mol. The molecule has 2 aromatic heterocycles. The molecule has 7 nitrogen and oxygen atoms in total. The van der Waals surface area contributed by atoms with Gasteiger partial charge in [0.05, 0.1) is 23.9 Å². The molecule has 8 heteroatoms. The maximum absolute atomic E-state index is 13.3. The van der Waals surface area contributed by atoms with Gasteiger partial charge in [0, 0.05) is 12.7 Å². The first kappa shape index (κ1) is 16.3. The second-order valence-electron chi connectivity index (χ2n) is 5.48. The van der Waals surface area contributed by atoms with E-state index in [0.717, 1.165) is 12.6 Å². The third-order valence-corrected chi connectivity index (χ3v) is 3.43. The first-order chi connectivity index (χ1) is 10.5. The van der Waals surface area contributed by atoms with Gasteiger partial charge in [-0.1, -0.05) is 0 Å². The molecule has 2 rings (SSSR count). The van der Waals surface area contributed by atoms with Crippen molar-refractivity contribution < 1.29 is 14.6 Å². The largest absolute Gasteiger partial charge is 0.396 e. The molecular formula is C14H20FN5O2. The SMILES string of the molecule is C[C@](CO)(CCCCO)Nc1nc(N)nc2cc(F)cnc12. The quantitative estimate of drug-likeness (QED) is 0.565. The normalized spacial score (nSPS) is 14.0. The van der Waals surface area contributed by atoms with Gasteiger partial charge in [0.2, 0.25) is 5.95 Å². The van der Waals surface area contributed by atoms with Gasteiger partial charge in [-0.2, -0.15) is 4.98 Å². The first-order valence-electron chi connectivity index (χ1n) is 7.06. The lowest BCUT2D eigenvalue weighted by molar-refractivity contribution is 0.206. The zero-order valence-electron chi connectivity index (χ0n) is 12.4. The Balaban J connectivity index is 2.32. The van der Waals surface area contributed by atoms with Crippen LogP contribution in [0.5, 0.6) is 0 Å². The highest BCUT2D eigenvalue weighted by atomic mass is 19.1. The zero-order chi connectivity index (χ0) is 16.2. The number of aromatic nitrogens is 3. The predicted octanol–water partition coefficient (Wildman–Crippen LogP) is 1.07. The maximum Gasteiger partial charge on any atom is 0.222 e. The van der Waals surface area contributed by atoms with E-state index < -0.39 is 11.4 Å². The van der Waals surface area contributed by atoms with E-state index in [1.54, 1.807) is 0 Å². The molecule has 2 heterocycles. The summed E-state index contributed by atoms with van der Waals surface area (Å²) in [6.07, 6.45) is 3.08. The van der Waals surface area contributed by atoms with Gasteiger partial charge in [0.1, 0.15) is 11.3 Å². The Hall–Kier alpha value is -2.06. The Morgan fingerprint density at radius 3 is 2.77 bits per heavy atom. The molecule has 0 aliphatic carbocycles. The van der Waals surface area contributed by atoms with Gasteiger partial charge in [0.15, 0.2) is 5.82 Å². The summed E-state index contributed by atoms with van der Waals surface area (Å²) in [5, 5.41) is 21.6. The minimum absolute atomic E-state index is 0.00181. The highest BCUT2D eigenvalue weighted by Crippen LogP contribution is 2.25. The number of nitrogens with one attached hydrogen (secondary N) is 1. The molecule has 0 aromatic carbocycles. The number of nitrogens with zero attached hydrogens (tertiary/aromatic N) is 3. The van der Waals surface area contributed by atoms with Crippen molar-refractivity contribution in [2.45, 2.75) is 31.7 Å². The number of nitrogen functional groups attached to an aromatic ring is 1. The Kier molecular flexibility index (Phi) is 5.04. The van der Waals surface area contributed by atoms with Gasteiger partial charge < -0.3 is 21.3 Å². The molecule has 0 saturated heterocycles. The summed E-state index contributed by atoms with van der Waals surface area (Å²) in [7, 11) is 0. The van der Waals surface area contributed by atoms with Crippen LogP contribution < -0.4 is 11.1 Å². The molecule has 2 aromatic rings. The monoisotopic (exact) mass is 309 g/mol. The fourth-order valence-electron chi connectivity index (χ4n) is 2.19. The maximum atomic E-state index is 13.3. The summed E-state index contributed by atoms with van der Waals surface area (Å²) < 4.78 is 13.3. The van der Waals surface area contributed by atoms with Crippen molar-refractivity contribution in [1.29, 1.82) is 0 Å². The Morgan fingerprint density at radius 2 is 2.09 bits per heavy atom. The number of halogens is 1. The van der Waals surface area contributed by atoms with Crippen molar-refractivity contribution in [2.24, 2.45) is 0 Å². The minimum atomic E-state index is -0.654. The lowest BCUT2D eigenvalue weighted by atomic mass is 9.95.